The molecule has 0 saturated heterocycles. The lowest BCUT2D eigenvalue weighted by molar-refractivity contribution is 0.0947. The van der Waals surface area contributed by atoms with Crippen molar-refractivity contribution in [1.82, 2.24) is 14.8 Å². The number of benzene rings is 2. The van der Waals surface area contributed by atoms with Gasteiger partial charge in [-0.05, 0) is 54.1 Å². The summed E-state index contributed by atoms with van der Waals surface area (Å²) in [6.07, 6.45) is 1.50. The average Bonchev–Trinajstić information content (AvgIpc) is 3.37. The minimum absolute atomic E-state index is 0.246. The maximum Gasteiger partial charge on any atom is 0.281 e. The number of furan rings is 1. The summed E-state index contributed by atoms with van der Waals surface area (Å²) >= 11 is 5.90. The van der Waals surface area contributed by atoms with Crippen LogP contribution in [0.15, 0.2) is 71.3 Å². The normalized spacial score (nSPS) is 10.8. The van der Waals surface area contributed by atoms with Crippen LogP contribution in [0.1, 0.15) is 15.9 Å². The molecule has 0 aliphatic heterocycles. The van der Waals surface area contributed by atoms with Crippen molar-refractivity contribution in [3.05, 3.63) is 88.9 Å². The Kier molecular flexibility index (Phi) is 4.90. The Morgan fingerprint density at radius 2 is 1.86 bits per heavy atom. The third-order valence-electron chi connectivity index (χ3n) is 4.00. The van der Waals surface area contributed by atoms with Gasteiger partial charge < -0.3 is 9.73 Å². The molecule has 4 rings (SSSR count). The zero-order chi connectivity index (χ0) is 19.5. The second-order valence-corrected chi connectivity index (χ2v) is 6.38. The topological polar surface area (TPSA) is 73.0 Å². The van der Waals surface area contributed by atoms with Gasteiger partial charge in [-0.3, -0.25) is 4.79 Å². The van der Waals surface area contributed by atoms with Gasteiger partial charge in [0, 0.05) is 17.1 Å². The van der Waals surface area contributed by atoms with Crippen molar-refractivity contribution in [3.63, 3.8) is 0 Å². The molecule has 0 spiro atoms. The highest BCUT2D eigenvalue weighted by molar-refractivity contribution is 6.30. The molecule has 140 valence electrons. The SMILES string of the molecule is O=C(c1ccc(Cl)cc1)n1nc(-c2ccco2)nc1NCc1ccc(F)cc1. The molecule has 6 nitrogen and oxygen atoms in total. The first-order valence-corrected chi connectivity index (χ1v) is 8.77. The monoisotopic (exact) mass is 396 g/mol. The van der Waals surface area contributed by atoms with Crippen LogP contribution in [0.2, 0.25) is 5.02 Å². The summed E-state index contributed by atoms with van der Waals surface area (Å²) in [6, 6.07) is 15.9. The van der Waals surface area contributed by atoms with Crippen molar-refractivity contribution >= 4 is 23.5 Å². The maximum atomic E-state index is 13.1. The molecule has 2 heterocycles. The fourth-order valence-corrected chi connectivity index (χ4v) is 2.70. The first kappa shape index (κ1) is 17.9. The Morgan fingerprint density at radius 3 is 2.54 bits per heavy atom. The van der Waals surface area contributed by atoms with E-state index in [2.05, 4.69) is 15.4 Å². The van der Waals surface area contributed by atoms with Crippen LogP contribution in [0.5, 0.6) is 0 Å². The molecule has 0 atom stereocenters. The number of aromatic nitrogens is 3. The van der Waals surface area contributed by atoms with Gasteiger partial charge in [0.2, 0.25) is 11.8 Å². The minimum atomic E-state index is -0.372. The number of rotatable bonds is 5. The summed E-state index contributed by atoms with van der Waals surface area (Å²) in [7, 11) is 0. The van der Waals surface area contributed by atoms with E-state index in [1.165, 1.54) is 23.1 Å². The third kappa shape index (κ3) is 3.79. The van der Waals surface area contributed by atoms with E-state index in [0.717, 1.165) is 5.56 Å². The molecule has 0 bridgehead atoms. The molecule has 0 amide bonds. The van der Waals surface area contributed by atoms with Crippen molar-refractivity contribution in [3.8, 4) is 11.6 Å². The smallest absolute Gasteiger partial charge is 0.281 e. The van der Waals surface area contributed by atoms with Crippen LogP contribution in [0.4, 0.5) is 10.3 Å². The molecule has 4 aromatic rings. The van der Waals surface area contributed by atoms with Crippen molar-refractivity contribution < 1.29 is 13.6 Å². The van der Waals surface area contributed by atoms with Gasteiger partial charge in [-0.15, -0.1) is 5.10 Å². The maximum absolute atomic E-state index is 13.1. The van der Waals surface area contributed by atoms with Crippen molar-refractivity contribution in [2.24, 2.45) is 0 Å². The van der Waals surface area contributed by atoms with E-state index < -0.39 is 0 Å². The largest absolute Gasteiger partial charge is 0.461 e. The van der Waals surface area contributed by atoms with Crippen LogP contribution >= 0.6 is 11.6 Å². The Bertz CT molecular complexity index is 1090. The van der Waals surface area contributed by atoms with Crippen molar-refractivity contribution in [1.29, 1.82) is 0 Å². The van der Waals surface area contributed by atoms with E-state index in [9.17, 15) is 9.18 Å². The number of hydrogen-bond acceptors (Lipinski definition) is 5. The van der Waals surface area contributed by atoms with Crippen LogP contribution in [0.3, 0.4) is 0 Å². The summed E-state index contributed by atoms with van der Waals surface area (Å²) in [4.78, 5) is 17.3. The number of anilines is 1. The first-order valence-electron chi connectivity index (χ1n) is 8.40. The second-order valence-electron chi connectivity index (χ2n) is 5.94. The van der Waals surface area contributed by atoms with E-state index >= 15 is 0 Å². The quantitative estimate of drug-likeness (QED) is 0.532. The van der Waals surface area contributed by atoms with E-state index in [1.54, 1.807) is 48.5 Å². The van der Waals surface area contributed by atoms with E-state index in [1.807, 2.05) is 0 Å². The summed E-state index contributed by atoms with van der Waals surface area (Å²) in [5, 5.41) is 7.89. The highest BCUT2D eigenvalue weighted by atomic mass is 35.5. The number of halogens is 2. The molecule has 0 aliphatic rings. The van der Waals surface area contributed by atoms with Gasteiger partial charge in [0.15, 0.2) is 5.76 Å². The fraction of sp³-hybridized carbons (Fsp3) is 0.0500. The molecule has 2 aromatic heterocycles. The highest BCUT2D eigenvalue weighted by Gasteiger charge is 2.19. The third-order valence-corrected chi connectivity index (χ3v) is 4.25. The number of hydrogen-bond donors (Lipinski definition) is 1. The molecule has 0 aliphatic carbocycles. The standard InChI is InChI=1S/C20H14ClFN4O2/c21-15-7-5-14(6-8-15)19(27)26-20(23-12-13-3-9-16(22)10-4-13)24-18(25-26)17-2-1-11-28-17/h1-11H,12H2,(H,23,24,25). The predicted octanol–water partition coefficient (Wildman–Crippen LogP) is 4.63. The number of nitrogens with zero attached hydrogens (tertiary/aromatic N) is 3. The average molecular weight is 397 g/mol. The van der Waals surface area contributed by atoms with E-state index in [-0.39, 0.29) is 23.5 Å². The van der Waals surface area contributed by atoms with E-state index in [0.29, 0.717) is 22.9 Å². The zero-order valence-corrected chi connectivity index (χ0v) is 15.2. The van der Waals surface area contributed by atoms with E-state index in [4.69, 9.17) is 16.0 Å². The highest BCUT2D eigenvalue weighted by Crippen LogP contribution is 2.20. The lowest BCUT2D eigenvalue weighted by Gasteiger charge is -2.07. The minimum Gasteiger partial charge on any atom is -0.461 e. The Labute approximate surface area is 164 Å². The Balaban J connectivity index is 1.66. The molecule has 0 unspecified atom stereocenters. The first-order chi connectivity index (χ1) is 13.6. The molecule has 1 N–H and O–H groups in total. The van der Waals surface area contributed by atoms with Gasteiger partial charge in [-0.25, -0.2) is 4.39 Å². The van der Waals surface area contributed by atoms with Crippen molar-refractivity contribution in [2.45, 2.75) is 6.54 Å². The molecular weight excluding hydrogens is 383 g/mol. The van der Waals surface area contributed by atoms with Crippen LogP contribution in [0.25, 0.3) is 11.6 Å². The lowest BCUT2D eigenvalue weighted by Crippen LogP contribution is -2.17. The second kappa shape index (κ2) is 7.66. The molecule has 0 fully saturated rings. The molecule has 0 saturated carbocycles. The fourth-order valence-electron chi connectivity index (χ4n) is 2.58. The van der Waals surface area contributed by atoms with Crippen LogP contribution in [-0.2, 0) is 6.54 Å². The number of carbonyl (C=O) groups is 1. The van der Waals surface area contributed by atoms with Crippen LogP contribution < -0.4 is 5.32 Å². The molecule has 2 aromatic carbocycles. The molecule has 28 heavy (non-hydrogen) atoms. The van der Waals surface area contributed by atoms with Gasteiger partial charge in [-0.1, -0.05) is 23.7 Å². The Morgan fingerprint density at radius 1 is 1.11 bits per heavy atom. The van der Waals surface area contributed by atoms with Gasteiger partial charge in [0.1, 0.15) is 5.82 Å². The summed E-state index contributed by atoms with van der Waals surface area (Å²) < 4.78 is 19.6. The van der Waals surface area contributed by atoms with Gasteiger partial charge in [-0.2, -0.15) is 9.67 Å². The van der Waals surface area contributed by atoms with Crippen LogP contribution in [0, 0.1) is 5.82 Å². The summed E-state index contributed by atoms with van der Waals surface area (Å²) in [5.41, 5.74) is 1.24. The predicted molar refractivity (Wildman–Crippen MR) is 103 cm³/mol. The molecule has 0 radical (unpaired) electrons. The van der Waals surface area contributed by atoms with Gasteiger partial charge in [0.05, 0.1) is 6.26 Å². The molecular formula is C20H14ClFN4O2. The number of nitrogens with one attached hydrogen (secondary N) is 1. The van der Waals surface area contributed by atoms with Gasteiger partial charge >= 0.3 is 0 Å². The number of carbonyl (C=O) groups excluding carboxylic acids is 1. The lowest BCUT2D eigenvalue weighted by atomic mass is 10.2. The molecule has 8 heteroatoms. The van der Waals surface area contributed by atoms with Crippen LogP contribution in [-0.4, -0.2) is 20.7 Å². The summed E-state index contributed by atoms with van der Waals surface area (Å²) in [6.45, 7) is 0.338. The zero-order valence-electron chi connectivity index (χ0n) is 14.5. The van der Waals surface area contributed by atoms with Crippen molar-refractivity contribution in [2.75, 3.05) is 5.32 Å². The summed E-state index contributed by atoms with van der Waals surface area (Å²) in [5.74, 6) is 0.269. The Hall–Kier alpha value is -3.45. The van der Waals surface area contributed by atoms with Gasteiger partial charge in [0.25, 0.3) is 5.91 Å².